The van der Waals surface area contributed by atoms with Gasteiger partial charge in [0.2, 0.25) is 0 Å². The minimum atomic E-state index is 0.770. The van der Waals surface area contributed by atoms with Crippen LogP contribution in [0, 0.1) is 6.92 Å². The Balaban J connectivity index is 1.68. The Morgan fingerprint density at radius 2 is 2.40 bits per heavy atom. The lowest BCUT2D eigenvalue weighted by Crippen LogP contribution is -2.26. The van der Waals surface area contributed by atoms with Crippen molar-refractivity contribution in [1.82, 2.24) is 15.6 Å². The fraction of sp³-hybridized carbons (Fsp3) is 0.800. The Morgan fingerprint density at radius 3 is 3.07 bits per heavy atom. The number of rotatable bonds is 4. The molecule has 15 heavy (non-hydrogen) atoms. The van der Waals surface area contributed by atoms with Crippen LogP contribution in [0.5, 0.6) is 0 Å². The third kappa shape index (κ3) is 3.21. The lowest BCUT2D eigenvalue weighted by Gasteiger charge is -2.21. The predicted octanol–water partition coefficient (Wildman–Crippen LogP) is 1.75. The number of nitrogens with one attached hydrogen (secondary N) is 1. The van der Waals surface area contributed by atoms with Gasteiger partial charge in [0, 0.05) is 18.3 Å². The van der Waals surface area contributed by atoms with Gasteiger partial charge in [-0.15, -0.1) is 0 Å². The number of aryl methyl sites for hydroxylation is 1. The molecule has 1 unspecified atom stereocenters. The summed E-state index contributed by atoms with van der Waals surface area (Å²) in [5.74, 6) is 1.32. The van der Waals surface area contributed by atoms with Crippen molar-refractivity contribution >= 4 is 11.8 Å². The zero-order valence-corrected chi connectivity index (χ0v) is 9.85. The molecule has 0 spiro atoms. The van der Waals surface area contributed by atoms with Crippen molar-refractivity contribution in [3.05, 3.63) is 11.4 Å². The Labute approximate surface area is 94.2 Å². The van der Waals surface area contributed by atoms with E-state index < -0.39 is 0 Å². The van der Waals surface area contributed by atoms with Crippen molar-refractivity contribution in [2.24, 2.45) is 0 Å². The van der Waals surface area contributed by atoms with Gasteiger partial charge in [0.15, 0.2) is 0 Å². The first-order chi connectivity index (χ1) is 7.36. The van der Waals surface area contributed by atoms with Gasteiger partial charge in [-0.1, -0.05) is 16.7 Å². The molecule has 2 heterocycles. The van der Waals surface area contributed by atoms with E-state index in [1.807, 2.05) is 6.92 Å². The van der Waals surface area contributed by atoms with Gasteiger partial charge in [-0.3, -0.25) is 0 Å². The Bertz CT molecular complexity index is 297. The first kappa shape index (κ1) is 11.0. The van der Waals surface area contributed by atoms with Crippen LogP contribution in [-0.2, 0) is 6.54 Å². The van der Waals surface area contributed by atoms with Gasteiger partial charge in [0.1, 0.15) is 11.4 Å². The maximum absolute atomic E-state index is 4.64. The van der Waals surface area contributed by atoms with Crippen LogP contribution in [-0.4, -0.2) is 27.9 Å². The first-order valence-corrected chi connectivity index (χ1v) is 6.51. The van der Waals surface area contributed by atoms with Crippen molar-refractivity contribution in [2.75, 3.05) is 12.3 Å². The van der Waals surface area contributed by atoms with E-state index in [2.05, 4.69) is 32.0 Å². The molecule has 1 N–H and O–H groups in total. The van der Waals surface area contributed by atoms with Gasteiger partial charge in [0.05, 0.1) is 0 Å². The molecular formula is C10H17N3OS. The zero-order valence-electron chi connectivity index (χ0n) is 9.03. The Morgan fingerprint density at radius 1 is 1.47 bits per heavy atom. The van der Waals surface area contributed by atoms with Gasteiger partial charge in [-0.25, -0.2) is 4.63 Å². The monoisotopic (exact) mass is 227 g/mol. The first-order valence-electron chi connectivity index (χ1n) is 5.46. The molecule has 4 nitrogen and oxygen atoms in total. The number of aromatic nitrogens is 2. The highest BCUT2D eigenvalue weighted by Crippen LogP contribution is 2.24. The average molecular weight is 227 g/mol. The summed E-state index contributed by atoms with van der Waals surface area (Å²) >= 11 is 2.08. The molecule has 1 aliphatic rings. The molecule has 84 valence electrons. The maximum Gasteiger partial charge on any atom is 0.121 e. The molecule has 0 aliphatic carbocycles. The highest BCUT2D eigenvalue weighted by molar-refractivity contribution is 7.99. The predicted molar refractivity (Wildman–Crippen MR) is 60.8 cm³/mol. The van der Waals surface area contributed by atoms with Gasteiger partial charge in [-0.2, -0.15) is 11.8 Å². The van der Waals surface area contributed by atoms with Crippen molar-refractivity contribution in [2.45, 2.75) is 38.0 Å². The molecule has 1 aliphatic heterocycles. The van der Waals surface area contributed by atoms with Crippen molar-refractivity contribution in [3.63, 3.8) is 0 Å². The lowest BCUT2D eigenvalue weighted by molar-refractivity contribution is 0.300. The third-order valence-corrected chi connectivity index (χ3v) is 4.08. The van der Waals surface area contributed by atoms with Crippen molar-refractivity contribution in [1.29, 1.82) is 0 Å². The van der Waals surface area contributed by atoms with E-state index in [-0.39, 0.29) is 0 Å². The minimum Gasteiger partial charge on any atom is -0.310 e. The summed E-state index contributed by atoms with van der Waals surface area (Å²) in [5.41, 5.74) is 1.81. The number of nitrogens with zero attached hydrogens (tertiary/aromatic N) is 2. The van der Waals surface area contributed by atoms with Crippen LogP contribution in [0.2, 0.25) is 0 Å². The molecule has 1 atom stereocenters. The smallest absolute Gasteiger partial charge is 0.121 e. The number of hydrogen-bond acceptors (Lipinski definition) is 5. The SMILES string of the molecule is Cc1nonc1CNCC1CCCCS1. The standard InChI is InChI=1S/C10H17N3OS/c1-8-10(13-14-12-8)7-11-6-9-4-2-3-5-15-9/h9,11H,2-7H2,1H3. The zero-order chi connectivity index (χ0) is 10.5. The molecule has 0 saturated carbocycles. The topological polar surface area (TPSA) is 51.0 Å². The summed E-state index contributed by atoms with van der Waals surface area (Å²) < 4.78 is 4.64. The quantitative estimate of drug-likeness (QED) is 0.849. The normalized spacial score (nSPS) is 21.8. The average Bonchev–Trinajstić information content (AvgIpc) is 2.66. The van der Waals surface area contributed by atoms with E-state index in [9.17, 15) is 0 Å². The molecular weight excluding hydrogens is 210 g/mol. The third-order valence-electron chi connectivity index (χ3n) is 2.68. The van der Waals surface area contributed by atoms with Crippen LogP contribution in [0.15, 0.2) is 4.63 Å². The van der Waals surface area contributed by atoms with Crippen LogP contribution in [0.4, 0.5) is 0 Å². The Hall–Kier alpha value is -0.550. The van der Waals surface area contributed by atoms with Crippen LogP contribution in [0.3, 0.4) is 0 Å². The lowest BCUT2D eigenvalue weighted by atomic mass is 10.2. The van der Waals surface area contributed by atoms with E-state index in [4.69, 9.17) is 0 Å². The second-order valence-electron chi connectivity index (χ2n) is 3.92. The van der Waals surface area contributed by atoms with Crippen LogP contribution >= 0.6 is 11.8 Å². The van der Waals surface area contributed by atoms with Crippen molar-refractivity contribution < 1.29 is 4.63 Å². The number of hydrogen-bond donors (Lipinski definition) is 1. The van der Waals surface area contributed by atoms with Gasteiger partial charge in [-0.05, 0) is 25.5 Å². The van der Waals surface area contributed by atoms with Crippen LogP contribution in [0.1, 0.15) is 30.7 Å². The highest BCUT2D eigenvalue weighted by atomic mass is 32.2. The fourth-order valence-corrected chi connectivity index (χ4v) is 3.00. The molecule has 5 heteroatoms. The summed E-state index contributed by atoms with van der Waals surface area (Å²) in [6.45, 7) is 3.76. The minimum absolute atomic E-state index is 0.770. The molecule has 0 amide bonds. The molecule has 1 aromatic heterocycles. The van der Waals surface area contributed by atoms with E-state index in [0.717, 1.165) is 29.7 Å². The van der Waals surface area contributed by atoms with Gasteiger partial charge in [0.25, 0.3) is 0 Å². The van der Waals surface area contributed by atoms with E-state index in [1.165, 1.54) is 25.0 Å². The molecule has 0 bridgehead atoms. The van der Waals surface area contributed by atoms with E-state index >= 15 is 0 Å². The maximum atomic E-state index is 4.64. The van der Waals surface area contributed by atoms with Gasteiger partial charge < -0.3 is 5.32 Å². The summed E-state index contributed by atoms with van der Waals surface area (Å²) in [7, 11) is 0. The highest BCUT2D eigenvalue weighted by Gasteiger charge is 2.13. The molecule has 2 rings (SSSR count). The van der Waals surface area contributed by atoms with Gasteiger partial charge >= 0.3 is 0 Å². The van der Waals surface area contributed by atoms with E-state index in [0.29, 0.717) is 0 Å². The summed E-state index contributed by atoms with van der Waals surface area (Å²) in [6, 6.07) is 0. The van der Waals surface area contributed by atoms with E-state index in [1.54, 1.807) is 0 Å². The molecule has 0 radical (unpaired) electrons. The molecule has 1 aromatic rings. The van der Waals surface area contributed by atoms with Crippen LogP contribution < -0.4 is 5.32 Å². The molecule has 1 saturated heterocycles. The van der Waals surface area contributed by atoms with Crippen LogP contribution in [0.25, 0.3) is 0 Å². The second-order valence-corrected chi connectivity index (χ2v) is 5.32. The Kier molecular flexibility index (Phi) is 4.02. The second kappa shape index (κ2) is 5.51. The van der Waals surface area contributed by atoms with Crippen molar-refractivity contribution in [3.8, 4) is 0 Å². The fourth-order valence-electron chi connectivity index (χ4n) is 1.73. The molecule has 1 fully saturated rings. The summed E-state index contributed by atoms with van der Waals surface area (Å²) in [5, 5.41) is 11.8. The summed E-state index contributed by atoms with van der Waals surface area (Å²) in [6.07, 6.45) is 4.10. The summed E-state index contributed by atoms with van der Waals surface area (Å²) in [4.78, 5) is 0. The largest absolute Gasteiger partial charge is 0.310 e. The molecule has 0 aromatic carbocycles. The number of thioether (sulfide) groups is 1.